The Balaban J connectivity index is 2.84. The number of carbonyl (C=O) groups is 1. The third-order valence-corrected chi connectivity index (χ3v) is 2.96. The fourth-order valence-corrected chi connectivity index (χ4v) is 1.75. The van der Waals surface area contributed by atoms with E-state index >= 15 is 0 Å². The van der Waals surface area contributed by atoms with Crippen LogP contribution in [-0.2, 0) is 16.1 Å². The SMILES string of the molecule is CNCc1cc(OC)ccc1OCC(C)(C)C(=O)OC. The van der Waals surface area contributed by atoms with E-state index in [4.69, 9.17) is 14.2 Å². The Bertz CT molecular complexity index is 457. The van der Waals surface area contributed by atoms with Gasteiger partial charge in [-0.15, -0.1) is 0 Å². The molecule has 0 bridgehead atoms. The Kier molecular flexibility index (Phi) is 5.82. The van der Waals surface area contributed by atoms with Crippen molar-refractivity contribution in [2.24, 2.45) is 5.41 Å². The molecule has 0 aromatic heterocycles. The van der Waals surface area contributed by atoms with Crippen LogP contribution in [0.25, 0.3) is 0 Å². The molecule has 0 aliphatic heterocycles. The molecule has 1 N–H and O–H groups in total. The molecule has 112 valence electrons. The smallest absolute Gasteiger partial charge is 0.314 e. The van der Waals surface area contributed by atoms with Crippen LogP contribution in [0.3, 0.4) is 0 Å². The first-order valence-electron chi connectivity index (χ1n) is 6.47. The Morgan fingerprint density at radius 2 is 2.00 bits per heavy atom. The molecule has 0 saturated carbocycles. The van der Waals surface area contributed by atoms with E-state index in [2.05, 4.69) is 5.32 Å². The Morgan fingerprint density at radius 1 is 1.30 bits per heavy atom. The van der Waals surface area contributed by atoms with Crippen LogP contribution in [-0.4, -0.2) is 33.8 Å². The van der Waals surface area contributed by atoms with Crippen LogP contribution in [0.1, 0.15) is 19.4 Å². The van der Waals surface area contributed by atoms with E-state index in [1.807, 2.05) is 25.2 Å². The highest BCUT2D eigenvalue weighted by molar-refractivity contribution is 5.75. The van der Waals surface area contributed by atoms with Crippen molar-refractivity contribution in [3.63, 3.8) is 0 Å². The largest absolute Gasteiger partial charge is 0.497 e. The molecule has 0 unspecified atom stereocenters. The number of benzene rings is 1. The third-order valence-electron chi connectivity index (χ3n) is 2.96. The summed E-state index contributed by atoms with van der Waals surface area (Å²) in [6.45, 7) is 4.49. The minimum Gasteiger partial charge on any atom is -0.497 e. The van der Waals surface area contributed by atoms with E-state index < -0.39 is 5.41 Å². The number of rotatable bonds is 7. The molecule has 1 aromatic rings. The summed E-state index contributed by atoms with van der Waals surface area (Å²) in [5.74, 6) is 1.22. The second-order valence-corrected chi connectivity index (χ2v) is 5.17. The van der Waals surface area contributed by atoms with Crippen molar-refractivity contribution in [3.05, 3.63) is 23.8 Å². The Morgan fingerprint density at radius 3 is 2.55 bits per heavy atom. The minimum atomic E-state index is -0.689. The standard InChI is InChI=1S/C15H23NO4/c1-15(2,14(17)19-5)10-20-13-7-6-12(18-4)8-11(13)9-16-3/h6-8,16H,9-10H2,1-5H3. The van der Waals surface area contributed by atoms with Gasteiger partial charge in [0.2, 0.25) is 0 Å². The molecule has 5 heteroatoms. The number of carbonyl (C=O) groups excluding carboxylic acids is 1. The van der Waals surface area contributed by atoms with Crippen molar-refractivity contribution >= 4 is 5.97 Å². The Labute approximate surface area is 120 Å². The van der Waals surface area contributed by atoms with Gasteiger partial charge in [0.1, 0.15) is 18.1 Å². The monoisotopic (exact) mass is 281 g/mol. The van der Waals surface area contributed by atoms with Crippen LogP contribution in [0.4, 0.5) is 0 Å². The summed E-state index contributed by atoms with van der Waals surface area (Å²) in [6.07, 6.45) is 0. The van der Waals surface area contributed by atoms with Crippen LogP contribution < -0.4 is 14.8 Å². The predicted molar refractivity (Wildman–Crippen MR) is 77.0 cm³/mol. The second-order valence-electron chi connectivity index (χ2n) is 5.17. The predicted octanol–water partition coefficient (Wildman–Crippen LogP) is 1.99. The van der Waals surface area contributed by atoms with E-state index in [1.165, 1.54) is 7.11 Å². The van der Waals surface area contributed by atoms with E-state index in [0.29, 0.717) is 6.54 Å². The molecule has 0 saturated heterocycles. The lowest BCUT2D eigenvalue weighted by molar-refractivity contribution is -0.152. The summed E-state index contributed by atoms with van der Waals surface area (Å²) in [6, 6.07) is 5.59. The molecular formula is C15H23NO4. The number of ether oxygens (including phenoxy) is 3. The highest BCUT2D eigenvalue weighted by atomic mass is 16.5. The van der Waals surface area contributed by atoms with Gasteiger partial charge in [0, 0.05) is 12.1 Å². The molecule has 20 heavy (non-hydrogen) atoms. The molecule has 0 spiro atoms. The topological polar surface area (TPSA) is 56.8 Å². The summed E-state index contributed by atoms with van der Waals surface area (Å²) in [4.78, 5) is 11.6. The van der Waals surface area contributed by atoms with Crippen molar-refractivity contribution in [2.75, 3.05) is 27.9 Å². The molecule has 0 amide bonds. The fourth-order valence-electron chi connectivity index (χ4n) is 1.75. The Hall–Kier alpha value is -1.75. The van der Waals surface area contributed by atoms with Crippen molar-refractivity contribution in [1.29, 1.82) is 0 Å². The maximum atomic E-state index is 11.6. The molecule has 0 heterocycles. The lowest BCUT2D eigenvalue weighted by Crippen LogP contribution is -2.32. The van der Waals surface area contributed by atoms with Crippen molar-refractivity contribution in [1.82, 2.24) is 5.32 Å². The van der Waals surface area contributed by atoms with Crippen LogP contribution >= 0.6 is 0 Å². The highest BCUT2D eigenvalue weighted by Crippen LogP contribution is 2.26. The summed E-state index contributed by atoms with van der Waals surface area (Å²) in [7, 11) is 4.87. The molecule has 0 radical (unpaired) electrons. The fraction of sp³-hybridized carbons (Fsp3) is 0.533. The molecular weight excluding hydrogens is 258 g/mol. The van der Waals surface area contributed by atoms with Crippen molar-refractivity contribution in [2.45, 2.75) is 20.4 Å². The molecule has 1 aromatic carbocycles. The van der Waals surface area contributed by atoms with Gasteiger partial charge in [-0.2, -0.15) is 0 Å². The zero-order chi connectivity index (χ0) is 15.2. The van der Waals surface area contributed by atoms with Crippen LogP contribution in [0.15, 0.2) is 18.2 Å². The lowest BCUT2D eigenvalue weighted by Gasteiger charge is -2.22. The van der Waals surface area contributed by atoms with Gasteiger partial charge in [0.25, 0.3) is 0 Å². The van der Waals surface area contributed by atoms with Crippen molar-refractivity contribution < 1.29 is 19.0 Å². The first kappa shape index (κ1) is 16.3. The van der Waals surface area contributed by atoms with E-state index in [9.17, 15) is 4.79 Å². The van der Waals surface area contributed by atoms with E-state index in [0.717, 1.165) is 17.1 Å². The molecule has 0 aliphatic rings. The first-order chi connectivity index (χ1) is 9.44. The van der Waals surface area contributed by atoms with Gasteiger partial charge in [-0.3, -0.25) is 4.79 Å². The van der Waals surface area contributed by atoms with Crippen LogP contribution in [0.2, 0.25) is 0 Å². The number of nitrogens with one attached hydrogen (secondary N) is 1. The average Bonchev–Trinajstić information content (AvgIpc) is 2.45. The van der Waals surface area contributed by atoms with Gasteiger partial charge in [-0.25, -0.2) is 0 Å². The number of methoxy groups -OCH3 is 2. The normalized spacial score (nSPS) is 11.1. The highest BCUT2D eigenvalue weighted by Gasteiger charge is 2.30. The second kappa shape index (κ2) is 7.14. The maximum absolute atomic E-state index is 11.6. The quantitative estimate of drug-likeness (QED) is 0.775. The van der Waals surface area contributed by atoms with Crippen LogP contribution in [0.5, 0.6) is 11.5 Å². The summed E-state index contributed by atoms with van der Waals surface area (Å²) >= 11 is 0. The maximum Gasteiger partial charge on any atom is 0.314 e. The summed E-state index contributed by atoms with van der Waals surface area (Å²) in [5, 5.41) is 3.08. The third kappa shape index (κ3) is 4.13. The molecule has 0 fully saturated rings. The zero-order valence-electron chi connectivity index (χ0n) is 12.8. The molecule has 0 atom stereocenters. The van der Waals surface area contributed by atoms with Gasteiger partial charge in [0.05, 0.1) is 19.6 Å². The van der Waals surface area contributed by atoms with Gasteiger partial charge < -0.3 is 19.5 Å². The first-order valence-corrected chi connectivity index (χ1v) is 6.47. The number of hydrogen-bond acceptors (Lipinski definition) is 5. The number of hydrogen-bond donors (Lipinski definition) is 1. The van der Waals surface area contributed by atoms with Gasteiger partial charge >= 0.3 is 5.97 Å². The summed E-state index contributed by atoms with van der Waals surface area (Å²) < 4.78 is 15.7. The van der Waals surface area contributed by atoms with Gasteiger partial charge in [0.15, 0.2) is 0 Å². The average molecular weight is 281 g/mol. The number of esters is 1. The summed E-state index contributed by atoms with van der Waals surface area (Å²) in [5.41, 5.74) is 0.290. The van der Waals surface area contributed by atoms with Gasteiger partial charge in [-0.1, -0.05) is 0 Å². The van der Waals surface area contributed by atoms with E-state index in [-0.39, 0.29) is 12.6 Å². The lowest BCUT2D eigenvalue weighted by atomic mass is 9.95. The molecule has 0 aliphatic carbocycles. The van der Waals surface area contributed by atoms with Gasteiger partial charge in [-0.05, 0) is 39.1 Å². The van der Waals surface area contributed by atoms with Crippen molar-refractivity contribution in [3.8, 4) is 11.5 Å². The minimum absolute atomic E-state index is 0.253. The molecule has 5 nitrogen and oxygen atoms in total. The zero-order valence-corrected chi connectivity index (χ0v) is 12.8. The van der Waals surface area contributed by atoms with Crippen LogP contribution in [0, 0.1) is 5.41 Å². The van der Waals surface area contributed by atoms with E-state index in [1.54, 1.807) is 21.0 Å². The molecule has 1 rings (SSSR count).